The largest absolute Gasteiger partial charge is 0.508 e. The molecule has 1 aliphatic heterocycles. The highest BCUT2D eigenvalue weighted by Gasteiger charge is 2.46. The van der Waals surface area contributed by atoms with Crippen LogP contribution in [0.4, 0.5) is 5.13 Å². The van der Waals surface area contributed by atoms with Crippen molar-refractivity contribution in [1.82, 2.24) is 9.97 Å². The molecular formula is C24H19N3O5S2. The van der Waals surface area contributed by atoms with Crippen LogP contribution in [0.2, 0.25) is 0 Å². The molecule has 0 aliphatic carbocycles. The lowest BCUT2D eigenvalue weighted by atomic mass is 9.95. The highest BCUT2D eigenvalue weighted by Crippen LogP contribution is 2.45. The van der Waals surface area contributed by atoms with Crippen LogP contribution in [0, 0.1) is 13.8 Å². The molecule has 0 spiro atoms. The number of phenols is 1. The first-order chi connectivity index (χ1) is 16.3. The third-order valence-electron chi connectivity index (χ3n) is 5.54. The summed E-state index contributed by atoms with van der Waals surface area (Å²) in [4.78, 5) is 37.5. The molecule has 34 heavy (non-hydrogen) atoms. The highest BCUT2D eigenvalue weighted by atomic mass is 32.1. The molecule has 1 unspecified atom stereocenters. The van der Waals surface area contributed by atoms with Gasteiger partial charge in [0, 0.05) is 0 Å². The Bertz CT molecular complexity index is 1500. The van der Waals surface area contributed by atoms with Crippen LogP contribution in [0.1, 0.15) is 32.0 Å². The number of anilines is 1. The van der Waals surface area contributed by atoms with E-state index < -0.39 is 23.5 Å². The number of aliphatic hydroxyl groups excluding tert-OH is 1. The van der Waals surface area contributed by atoms with E-state index in [2.05, 4.69) is 9.97 Å². The van der Waals surface area contributed by atoms with E-state index in [0.717, 1.165) is 4.70 Å². The molecule has 2 N–H and O–H groups in total. The van der Waals surface area contributed by atoms with Crippen molar-refractivity contribution in [2.24, 2.45) is 0 Å². The number of rotatable bonds is 5. The molecule has 5 rings (SSSR count). The van der Waals surface area contributed by atoms with Crippen LogP contribution >= 0.6 is 22.7 Å². The predicted molar refractivity (Wildman–Crippen MR) is 130 cm³/mol. The van der Waals surface area contributed by atoms with Crippen molar-refractivity contribution in [3.05, 3.63) is 74.9 Å². The van der Waals surface area contributed by atoms with Gasteiger partial charge in [0.1, 0.15) is 11.5 Å². The second-order valence-electron chi connectivity index (χ2n) is 7.74. The highest BCUT2D eigenvalue weighted by molar-refractivity contribution is 7.22. The molecule has 172 valence electrons. The van der Waals surface area contributed by atoms with Crippen molar-refractivity contribution in [1.29, 1.82) is 0 Å². The van der Waals surface area contributed by atoms with Crippen molar-refractivity contribution < 1.29 is 24.5 Å². The molecule has 10 heteroatoms. The summed E-state index contributed by atoms with van der Waals surface area (Å²) in [5.74, 6) is -1.23. The van der Waals surface area contributed by atoms with E-state index in [4.69, 9.17) is 4.74 Å². The number of carbonyl (C=O) groups is 2. The minimum Gasteiger partial charge on any atom is -0.508 e. The maximum Gasteiger partial charge on any atom is 0.296 e. The number of fused-ring (bicyclic) bond motifs is 1. The zero-order valence-corrected chi connectivity index (χ0v) is 20.0. The second-order valence-corrected chi connectivity index (χ2v) is 9.95. The summed E-state index contributed by atoms with van der Waals surface area (Å²) in [5.41, 5.74) is 1.58. The average Bonchev–Trinajstić information content (AvgIpc) is 3.46. The fraction of sp³-hybridized carbons (Fsp3) is 0.167. The number of aromatic hydroxyl groups is 1. The normalized spacial score (nSPS) is 16.0. The van der Waals surface area contributed by atoms with E-state index in [-0.39, 0.29) is 11.3 Å². The lowest BCUT2D eigenvalue weighted by molar-refractivity contribution is -0.117. The number of nitrogens with zero attached hydrogens (tertiary/aromatic N) is 3. The lowest BCUT2D eigenvalue weighted by Crippen LogP contribution is -2.30. The Morgan fingerprint density at radius 1 is 1.09 bits per heavy atom. The SMILES string of the molecule is COc1ccc2nc(N3C(=O)C(O)=C(C(=O)c4sc(C)nc4C)C3c3cccc(O)c3)sc2c1. The fourth-order valence-corrected chi connectivity index (χ4v) is 5.93. The Morgan fingerprint density at radius 2 is 1.88 bits per heavy atom. The minimum atomic E-state index is -0.976. The van der Waals surface area contributed by atoms with Gasteiger partial charge in [-0.3, -0.25) is 14.5 Å². The van der Waals surface area contributed by atoms with Crippen LogP contribution in [0.15, 0.2) is 53.8 Å². The van der Waals surface area contributed by atoms with Crippen LogP contribution in [-0.2, 0) is 4.79 Å². The Morgan fingerprint density at radius 3 is 2.56 bits per heavy atom. The zero-order valence-electron chi connectivity index (χ0n) is 18.4. The first-order valence-corrected chi connectivity index (χ1v) is 11.9. The van der Waals surface area contributed by atoms with Crippen molar-refractivity contribution in [3.8, 4) is 11.5 Å². The Labute approximate surface area is 202 Å². The molecule has 1 amide bonds. The zero-order chi connectivity index (χ0) is 24.1. The van der Waals surface area contributed by atoms with Gasteiger partial charge in [0.25, 0.3) is 5.91 Å². The fourth-order valence-electron chi connectivity index (χ4n) is 4.03. The standard InChI is InChI=1S/C24H19N3O5S2/c1-11-22(33-12(2)25-11)20(29)18-19(13-5-4-6-14(28)9-13)27(23(31)21(18)30)24-26-16-8-7-15(32-3)10-17(16)34-24/h4-10,19,28,30H,1-3H3. The maximum atomic E-state index is 13.6. The summed E-state index contributed by atoms with van der Waals surface area (Å²) in [6.45, 7) is 3.50. The summed E-state index contributed by atoms with van der Waals surface area (Å²) < 4.78 is 6.06. The number of methoxy groups -OCH3 is 1. The van der Waals surface area contributed by atoms with Gasteiger partial charge in [-0.15, -0.1) is 11.3 Å². The number of phenolic OH excluding ortho intramolecular Hbond substituents is 1. The average molecular weight is 494 g/mol. The van der Waals surface area contributed by atoms with Crippen LogP contribution in [0.25, 0.3) is 10.2 Å². The molecule has 2 aromatic carbocycles. The molecular weight excluding hydrogens is 474 g/mol. The van der Waals surface area contributed by atoms with Gasteiger partial charge in [-0.25, -0.2) is 9.97 Å². The van der Waals surface area contributed by atoms with Gasteiger partial charge in [-0.2, -0.15) is 0 Å². The van der Waals surface area contributed by atoms with Gasteiger partial charge < -0.3 is 14.9 Å². The third kappa shape index (κ3) is 3.51. The molecule has 0 bridgehead atoms. The number of aliphatic hydroxyl groups is 1. The number of hydrogen-bond acceptors (Lipinski definition) is 9. The molecule has 0 radical (unpaired) electrons. The summed E-state index contributed by atoms with van der Waals surface area (Å²) in [6.07, 6.45) is 0. The smallest absolute Gasteiger partial charge is 0.296 e. The van der Waals surface area contributed by atoms with Gasteiger partial charge in [-0.05, 0) is 49.7 Å². The lowest BCUT2D eigenvalue weighted by Gasteiger charge is -2.24. The molecule has 2 aromatic heterocycles. The van der Waals surface area contributed by atoms with Gasteiger partial charge in [0.15, 0.2) is 10.9 Å². The number of amides is 1. The molecule has 8 nitrogen and oxygen atoms in total. The summed E-state index contributed by atoms with van der Waals surface area (Å²) in [7, 11) is 1.56. The summed E-state index contributed by atoms with van der Waals surface area (Å²) >= 11 is 2.45. The van der Waals surface area contributed by atoms with Crippen molar-refractivity contribution in [3.63, 3.8) is 0 Å². The van der Waals surface area contributed by atoms with Crippen LogP contribution in [-0.4, -0.2) is 39.0 Å². The monoisotopic (exact) mass is 493 g/mol. The van der Waals surface area contributed by atoms with E-state index >= 15 is 0 Å². The molecule has 0 saturated carbocycles. The number of aromatic nitrogens is 2. The van der Waals surface area contributed by atoms with Crippen molar-refractivity contribution in [2.45, 2.75) is 19.9 Å². The quantitative estimate of drug-likeness (QED) is 0.382. The second kappa shape index (κ2) is 8.23. The number of aryl methyl sites for hydroxylation is 2. The van der Waals surface area contributed by atoms with E-state index in [0.29, 0.717) is 37.5 Å². The van der Waals surface area contributed by atoms with Crippen LogP contribution in [0.5, 0.6) is 11.5 Å². The summed E-state index contributed by atoms with van der Waals surface area (Å²) in [6, 6.07) is 10.7. The minimum absolute atomic E-state index is 0.0260. The van der Waals surface area contributed by atoms with Crippen molar-refractivity contribution >= 4 is 49.7 Å². The number of Topliss-reactive ketones (excluding diaryl/α,β-unsaturated/α-hetero) is 1. The molecule has 0 saturated heterocycles. The first-order valence-electron chi connectivity index (χ1n) is 10.3. The number of ether oxygens (including phenoxy) is 1. The van der Waals surface area contributed by atoms with Gasteiger partial charge in [0.2, 0.25) is 5.78 Å². The molecule has 1 atom stereocenters. The van der Waals surface area contributed by atoms with Gasteiger partial charge in [-0.1, -0.05) is 23.5 Å². The molecule has 3 heterocycles. The summed E-state index contributed by atoms with van der Waals surface area (Å²) in [5, 5.41) is 22.1. The Balaban J connectivity index is 1.69. The maximum absolute atomic E-state index is 13.6. The van der Waals surface area contributed by atoms with Crippen LogP contribution < -0.4 is 9.64 Å². The van der Waals surface area contributed by atoms with E-state index in [1.807, 2.05) is 6.07 Å². The number of benzene rings is 2. The number of ketones is 1. The molecule has 1 aliphatic rings. The number of thiazole rings is 2. The number of carbonyl (C=O) groups excluding carboxylic acids is 2. The van der Waals surface area contributed by atoms with E-state index in [9.17, 15) is 19.8 Å². The van der Waals surface area contributed by atoms with Gasteiger partial charge in [0.05, 0.1) is 44.5 Å². The molecule has 0 fully saturated rings. The van der Waals surface area contributed by atoms with Crippen LogP contribution in [0.3, 0.4) is 0 Å². The third-order valence-corrected chi connectivity index (χ3v) is 7.63. The van der Waals surface area contributed by atoms with E-state index in [1.54, 1.807) is 45.2 Å². The Kier molecular flexibility index (Phi) is 5.34. The topological polar surface area (TPSA) is 113 Å². The predicted octanol–water partition coefficient (Wildman–Crippen LogP) is 4.87. The number of hydrogen-bond donors (Lipinski definition) is 2. The first kappa shape index (κ1) is 22.1. The van der Waals surface area contributed by atoms with Gasteiger partial charge >= 0.3 is 0 Å². The van der Waals surface area contributed by atoms with Crippen molar-refractivity contribution in [2.75, 3.05) is 12.0 Å². The molecule has 4 aromatic rings. The van der Waals surface area contributed by atoms with E-state index in [1.165, 1.54) is 39.7 Å². The Hall–Kier alpha value is -3.76.